The summed E-state index contributed by atoms with van der Waals surface area (Å²) >= 11 is 0. The van der Waals surface area contributed by atoms with Crippen LogP contribution >= 0.6 is 0 Å². The van der Waals surface area contributed by atoms with E-state index in [0.29, 0.717) is 24.4 Å². The maximum atomic E-state index is 5.52. The molecule has 0 bridgehead atoms. The second kappa shape index (κ2) is 6.34. The molecule has 6 nitrogen and oxygen atoms in total. The van der Waals surface area contributed by atoms with Gasteiger partial charge in [-0.15, -0.1) is 5.10 Å². The predicted molar refractivity (Wildman–Crippen MR) is 72.9 cm³/mol. The number of anilines is 1. The number of rotatable bonds is 6. The lowest BCUT2D eigenvalue weighted by Crippen LogP contribution is -2.35. The van der Waals surface area contributed by atoms with E-state index in [1.165, 1.54) is 0 Å². The minimum absolute atomic E-state index is 0.0462. The van der Waals surface area contributed by atoms with Gasteiger partial charge in [-0.2, -0.15) is 0 Å². The van der Waals surface area contributed by atoms with Gasteiger partial charge >= 0.3 is 6.01 Å². The molecule has 2 heterocycles. The van der Waals surface area contributed by atoms with Crippen LogP contribution in [0.4, 0.5) is 6.01 Å². The van der Waals surface area contributed by atoms with Crippen molar-refractivity contribution in [2.45, 2.75) is 45.7 Å². The number of hydrogen-bond donors (Lipinski definition) is 2. The molecular formula is C13H24N4O2. The molecule has 0 aromatic carbocycles. The molecule has 108 valence electrons. The van der Waals surface area contributed by atoms with Crippen LogP contribution in [0.1, 0.15) is 39.5 Å². The van der Waals surface area contributed by atoms with E-state index in [1.807, 2.05) is 0 Å². The normalized spacial score (nSPS) is 19.8. The monoisotopic (exact) mass is 268 g/mol. The summed E-state index contributed by atoms with van der Waals surface area (Å²) in [5, 5.41) is 14.5. The second-order valence-electron chi connectivity index (χ2n) is 6.05. The van der Waals surface area contributed by atoms with Crippen LogP contribution in [0, 0.1) is 5.92 Å². The van der Waals surface area contributed by atoms with Crippen molar-refractivity contribution in [1.29, 1.82) is 0 Å². The highest BCUT2D eigenvalue weighted by Crippen LogP contribution is 2.16. The Kier molecular flexibility index (Phi) is 4.76. The van der Waals surface area contributed by atoms with E-state index in [2.05, 4.69) is 41.6 Å². The topological polar surface area (TPSA) is 72.2 Å². The minimum atomic E-state index is 0.0462. The van der Waals surface area contributed by atoms with Crippen LogP contribution in [0.5, 0.6) is 0 Å². The van der Waals surface area contributed by atoms with Gasteiger partial charge < -0.3 is 19.8 Å². The fraction of sp³-hybridized carbons (Fsp3) is 0.846. The van der Waals surface area contributed by atoms with Crippen molar-refractivity contribution in [3.05, 3.63) is 5.89 Å². The van der Waals surface area contributed by atoms with Crippen LogP contribution in [0.15, 0.2) is 4.42 Å². The van der Waals surface area contributed by atoms with E-state index in [1.54, 1.807) is 0 Å². The van der Waals surface area contributed by atoms with Gasteiger partial charge in [0.05, 0.1) is 6.54 Å². The van der Waals surface area contributed by atoms with Crippen molar-refractivity contribution in [2.75, 3.05) is 25.1 Å². The van der Waals surface area contributed by atoms with Crippen LogP contribution in [0.25, 0.3) is 0 Å². The third kappa shape index (κ3) is 5.16. The zero-order chi connectivity index (χ0) is 13.7. The van der Waals surface area contributed by atoms with Crippen molar-refractivity contribution in [1.82, 2.24) is 15.5 Å². The van der Waals surface area contributed by atoms with Crippen molar-refractivity contribution >= 4 is 6.01 Å². The first kappa shape index (κ1) is 14.3. The van der Waals surface area contributed by atoms with Crippen LogP contribution < -0.4 is 10.6 Å². The summed E-state index contributed by atoms with van der Waals surface area (Å²) in [4.78, 5) is 0. The minimum Gasteiger partial charge on any atom is -0.407 e. The van der Waals surface area contributed by atoms with Crippen molar-refractivity contribution in [3.63, 3.8) is 0 Å². The summed E-state index contributed by atoms with van der Waals surface area (Å²) in [5.74, 6) is 1.28. The molecule has 1 saturated heterocycles. The molecule has 19 heavy (non-hydrogen) atoms. The first-order valence-electron chi connectivity index (χ1n) is 6.92. The molecule has 0 saturated carbocycles. The highest BCUT2D eigenvalue weighted by Gasteiger charge is 2.16. The van der Waals surface area contributed by atoms with Gasteiger partial charge in [-0.3, -0.25) is 0 Å². The Bertz CT molecular complexity index is 380. The van der Waals surface area contributed by atoms with E-state index in [0.717, 1.165) is 32.6 Å². The molecule has 0 radical (unpaired) electrons. The summed E-state index contributed by atoms with van der Waals surface area (Å²) in [6.07, 6.45) is 2.24. The van der Waals surface area contributed by atoms with Crippen LogP contribution in [-0.2, 0) is 11.3 Å². The Hall–Kier alpha value is -1.14. The lowest BCUT2D eigenvalue weighted by Gasteiger charge is -2.18. The second-order valence-corrected chi connectivity index (χ2v) is 6.05. The summed E-state index contributed by atoms with van der Waals surface area (Å²) in [7, 11) is 0. The van der Waals surface area contributed by atoms with Crippen molar-refractivity contribution in [3.8, 4) is 0 Å². The molecule has 0 spiro atoms. The molecule has 1 fully saturated rings. The number of hydrogen-bond acceptors (Lipinski definition) is 6. The predicted octanol–water partition coefficient (Wildman–Crippen LogP) is 1.80. The van der Waals surface area contributed by atoms with Gasteiger partial charge in [0.15, 0.2) is 0 Å². The number of aromatic nitrogens is 2. The Morgan fingerprint density at radius 3 is 2.84 bits per heavy atom. The Labute approximate surface area is 114 Å². The number of nitrogens with zero attached hydrogens (tertiary/aromatic N) is 2. The third-order valence-corrected chi connectivity index (χ3v) is 3.09. The van der Waals surface area contributed by atoms with Gasteiger partial charge in [0.2, 0.25) is 5.89 Å². The molecule has 1 aliphatic heterocycles. The third-order valence-electron chi connectivity index (χ3n) is 3.09. The summed E-state index contributed by atoms with van der Waals surface area (Å²) in [6.45, 7) is 9.53. The number of nitrogens with one attached hydrogen (secondary N) is 2. The van der Waals surface area contributed by atoms with Gasteiger partial charge in [0.25, 0.3) is 0 Å². The Morgan fingerprint density at radius 2 is 2.16 bits per heavy atom. The zero-order valence-corrected chi connectivity index (χ0v) is 12.0. The molecule has 2 N–H and O–H groups in total. The standard InChI is InChI=1S/C13H24N4O2/c1-13(2,3)15-8-11-16-17-12(19-11)14-6-4-10-5-7-18-9-10/h10,15H,4-9H2,1-3H3,(H,14,17). The smallest absolute Gasteiger partial charge is 0.315 e. The Balaban J connectivity index is 1.68. The highest BCUT2D eigenvalue weighted by molar-refractivity contribution is 5.16. The van der Waals surface area contributed by atoms with Gasteiger partial charge in [0.1, 0.15) is 0 Å². The van der Waals surface area contributed by atoms with Crippen molar-refractivity contribution < 1.29 is 9.15 Å². The first-order valence-corrected chi connectivity index (χ1v) is 6.92. The molecule has 0 aliphatic carbocycles. The van der Waals surface area contributed by atoms with Gasteiger partial charge in [0, 0.05) is 25.3 Å². The quantitative estimate of drug-likeness (QED) is 0.819. The summed E-state index contributed by atoms with van der Waals surface area (Å²) in [5.41, 5.74) is 0.0462. The summed E-state index contributed by atoms with van der Waals surface area (Å²) in [6, 6.07) is 0.504. The van der Waals surface area contributed by atoms with E-state index in [-0.39, 0.29) is 5.54 Å². The molecule has 6 heteroatoms. The molecule has 0 amide bonds. The van der Waals surface area contributed by atoms with Gasteiger partial charge in [-0.05, 0) is 39.5 Å². The van der Waals surface area contributed by atoms with Gasteiger partial charge in [-0.25, -0.2) is 0 Å². The molecule has 1 aromatic rings. The fourth-order valence-electron chi connectivity index (χ4n) is 1.93. The van der Waals surface area contributed by atoms with E-state index in [4.69, 9.17) is 9.15 Å². The van der Waals surface area contributed by atoms with Crippen LogP contribution in [0.3, 0.4) is 0 Å². The largest absolute Gasteiger partial charge is 0.407 e. The molecule has 1 unspecified atom stereocenters. The van der Waals surface area contributed by atoms with E-state index in [9.17, 15) is 0 Å². The summed E-state index contributed by atoms with van der Waals surface area (Å²) < 4.78 is 10.9. The Morgan fingerprint density at radius 1 is 1.32 bits per heavy atom. The van der Waals surface area contributed by atoms with E-state index >= 15 is 0 Å². The van der Waals surface area contributed by atoms with Gasteiger partial charge in [-0.1, -0.05) is 5.10 Å². The zero-order valence-electron chi connectivity index (χ0n) is 12.0. The molecule has 1 aromatic heterocycles. The molecule has 1 aliphatic rings. The molecular weight excluding hydrogens is 244 g/mol. The first-order chi connectivity index (χ1) is 9.03. The van der Waals surface area contributed by atoms with Crippen LogP contribution in [-0.4, -0.2) is 35.5 Å². The number of ether oxygens (including phenoxy) is 1. The maximum absolute atomic E-state index is 5.52. The molecule has 1 atom stereocenters. The molecule has 2 rings (SSSR count). The highest BCUT2D eigenvalue weighted by atomic mass is 16.5. The van der Waals surface area contributed by atoms with Crippen LogP contribution in [0.2, 0.25) is 0 Å². The lowest BCUT2D eigenvalue weighted by molar-refractivity contribution is 0.185. The lowest BCUT2D eigenvalue weighted by atomic mass is 10.1. The average molecular weight is 268 g/mol. The SMILES string of the molecule is CC(C)(C)NCc1nnc(NCCC2CCOC2)o1. The average Bonchev–Trinajstić information content (AvgIpc) is 2.97. The fourth-order valence-corrected chi connectivity index (χ4v) is 1.93. The van der Waals surface area contributed by atoms with Crippen molar-refractivity contribution in [2.24, 2.45) is 5.92 Å². The van der Waals surface area contributed by atoms with E-state index < -0.39 is 0 Å². The maximum Gasteiger partial charge on any atom is 0.315 e.